The molecular weight excluding hydrogens is 439 g/mol. The number of aliphatic hydroxyl groups is 1. The summed E-state index contributed by atoms with van der Waals surface area (Å²) in [6.07, 6.45) is 0.524. The molecule has 4 atom stereocenters. The lowest BCUT2D eigenvalue weighted by Crippen LogP contribution is -2.36. The van der Waals surface area contributed by atoms with Crippen molar-refractivity contribution in [3.05, 3.63) is 70.9 Å². The van der Waals surface area contributed by atoms with Crippen LogP contribution in [0.5, 0.6) is 0 Å². The molecule has 2 aliphatic rings. The van der Waals surface area contributed by atoms with Crippen molar-refractivity contribution in [2.24, 2.45) is 7.05 Å². The number of aromatic nitrogens is 3. The molecule has 1 aromatic carbocycles. The summed E-state index contributed by atoms with van der Waals surface area (Å²) in [6.45, 7) is 0.666. The zero-order chi connectivity index (χ0) is 23.4. The number of hydrogen-bond donors (Lipinski definition) is 3. The summed E-state index contributed by atoms with van der Waals surface area (Å²) in [7, 11) is 1.71. The average Bonchev–Trinajstić information content (AvgIpc) is 3.52. The number of nitrogens with one attached hydrogen (secondary N) is 2. The average molecular weight is 462 g/mol. The van der Waals surface area contributed by atoms with E-state index in [2.05, 4.69) is 15.3 Å². The Balaban J connectivity index is 1.27. The van der Waals surface area contributed by atoms with Crippen LogP contribution in [0.2, 0.25) is 0 Å². The van der Waals surface area contributed by atoms with Gasteiger partial charge in [0.15, 0.2) is 5.82 Å². The summed E-state index contributed by atoms with van der Waals surface area (Å²) in [5.41, 5.74) is 3.28. The van der Waals surface area contributed by atoms with Crippen molar-refractivity contribution >= 4 is 16.9 Å². The molecule has 5 heterocycles. The molecular formula is C25H23FN4O4. The Bertz CT molecular complexity index is 1430. The SMILES string of the molecule is Cn1cccc(-c2ccc(-c3nc4cc(NC5CO[C@@H]6C(O)CO[C@H]56)[nH]c4cc3F)cc2)c1=O. The lowest BCUT2D eigenvalue weighted by molar-refractivity contribution is 0.0184. The van der Waals surface area contributed by atoms with Gasteiger partial charge in [0.1, 0.15) is 29.8 Å². The maximum absolute atomic E-state index is 15.0. The smallest absolute Gasteiger partial charge is 0.258 e. The zero-order valence-corrected chi connectivity index (χ0v) is 18.4. The summed E-state index contributed by atoms with van der Waals surface area (Å²) in [5.74, 6) is 0.226. The van der Waals surface area contributed by atoms with Crippen LogP contribution in [0.3, 0.4) is 0 Å². The van der Waals surface area contributed by atoms with E-state index in [9.17, 15) is 14.3 Å². The number of halogens is 1. The number of benzene rings is 1. The van der Waals surface area contributed by atoms with Gasteiger partial charge in [0.25, 0.3) is 5.56 Å². The van der Waals surface area contributed by atoms with Crippen LogP contribution in [-0.4, -0.2) is 57.2 Å². The van der Waals surface area contributed by atoms with Crippen molar-refractivity contribution in [3.8, 4) is 22.4 Å². The minimum atomic E-state index is -0.617. The molecule has 0 amide bonds. The number of aliphatic hydroxyl groups excluding tert-OH is 1. The van der Waals surface area contributed by atoms with Crippen LogP contribution in [0.15, 0.2) is 59.5 Å². The van der Waals surface area contributed by atoms with Gasteiger partial charge in [-0.25, -0.2) is 9.37 Å². The minimum absolute atomic E-state index is 0.0928. The van der Waals surface area contributed by atoms with Gasteiger partial charge in [-0.3, -0.25) is 4.79 Å². The van der Waals surface area contributed by atoms with Crippen LogP contribution in [0.1, 0.15) is 0 Å². The van der Waals surface area contributed by atoms with Gasteiger partial charge in [0.05, 0.1) is 30.3 Å². The molecule has 8 nitrogen and oxygen atoms in total. The van der Waals surface area contributed by atoms with Gasteiger partial charge in [-0.2, -0.15) is 0 Å². The molecule has 0 radical (unpaired) electrons. The third kappa shape index (κ3) is 3.49. The number of pyridine rings is 2. The Morgan fingerprint density at radius 1 is 1.12 bits per heavy atom. The quantitative estimate of drug-likeness (QED) is 0.431. The van der Waals surface area contributed by atoms with Gasteiger partial charge < -0.3 is 29.4 Å². The molecule has 2 fully saturated rings. The summed E-state index contributed by atoms with van der Waals surface area (Å²) < 4.78 is 27.8. The first-order chi connectivity index (χ1) is 16.5. The predicted octanol–water partition coefficient (Wildman–Crippen LogP) is 2.67. The molecule has 2 saturated heterocycles. The van der Waals surface area contributed by atoms with Crippen LogP contribution >= 0.6 is 0 Å². The van der Waals surface area contributed by atoms with Gasteiger partial charge in [0.2, 0.25) is 0 Å². The molecule has 0 spiro atoms. The summed E-state index contributed by atoms with van der Waals surface area (Å²) in [6, 6.07) is 13.8. The molecule has 3 aromatic heterocycles. The van der Waals surface area contributed by atoms with E-state index in [4.69, 9.17) is 9.47 Å². The Labute approximate surface area is 194 Å². The first kappa shape index (κ1) is 21.0. The predicted molar refractivity (Wildman–Crippen MR) is 125 cm³/mol. The highest BCUT2D eigenvalue weighted by Crippen LogP contribution is 2.31. The molecule has 4 aromatic rings. The van der Waals surface area contributed by atoms with Crippen LogP contribution in [-0.2, 0) is 16.5 Å². The van der Waals surface area contributed by atoms with Crippen molar-refractivity contribution < 1.29 is 19.0 Å². The fourth-order valence-corrected chi connectivity index (χ4v) is 4.74. The van der Waals surface area contributed by atoms with Gasteiger partial charge >= 0.3 is 0 Å². The number of fused-ring (bicyclic) bond motifs is 2. The van der Waals surface area contributed by atoms with Crippen LogP contribution < -0.4 is 10.9 Å². The highest BCUT2D eigenvalue weighted by Gasteiger charge is 2.47. The van der Waals surface area contributed by atoms with E-state index in [1.165, 1.54) is 10.6 Å². The van der Waals surface area contributed by atoms with E-state index >= 15 is 0 Å². The largest absolute Gasteiger partial charge is 0.388 e. The first-order valence-electron chi connectivity index (χ1n) is 11.1. The number of H-pyrrole nitrogens is 1. The van der Waals surface area contributed by atoms with Crippen molar-refractivity contribution in [1.82, 2.24) is 14.5 Å². The molecule has 34 heavy (non-hydrogen) atoms. The fourth-order valence-electron chi connectivity index (χ4n) is 4.74. The third-order valence-electron chi connectivity index (χ3n) is 6.52. The number of hydrogen-bond acceptors (Lipinski definition) is 6. The minimum Gasteiger partial charge on any atom is -0.388 e. The van der Waals surface area contributed by atoms with Gasteiger partial charge in [-0.15, -0.1) is 0 Å². The van der Waals surface area contributed by atoms with Gasteiger partial charge in [0, 0.05) is 36.5 Å². The number of aryl methyl sites for hydroxylation is 1. The number of nitrogens with zero attached hydrogens (tertiary/aromatic N) is 2. The first-order valence-corrected chi connectivity index (χ1v) is 11.1. The fraction of sp³-hybridized carbons (Fsp3) is 0.280. The Kier molecular flexibility index (Phi) is 4.98. The monoisotopic (exact) mass is 462 g/mol. The van der Waals surface area contributed by atoms with Crippen LogP contribution in [0.25, 0.3) is 33.4 Å². The van der Waals surface area contributed by atoms with E-state index in [-0.39, 0.29) is 36.1 Å². The molecule has 2 unspecified atom stereocenters. The number of ether oxygens (including phenoxy) is 2. The van der Waals surface area contributed by atoms with Crippen molar-refractivity contribution in [2.45, 2.75) is 24.4 Å². The second-order valence-corrected chi connectivity index (χ2v) is 8.76. The molecule has 2 aliphatic heterocycles. The lowest BCUT2D eigenvalue weighted by atomic mass is 10.0. The molecule has 0 aliphatic carbocycles. The molecule has 0 bridgehead atoms. The normalized spacial score (nSPS) is 24.0. The van der Waals surface area contributed by atoms with E-state index in [0.717, 1.165) is 5.56 Å². The summed E-state index contributed by atoms with van der Waals surface area (Å²) >= 11 is 0. The van der Waals surface area contributed by atoms with Crippen molar-refractivity contribution in [2.75, 3.05) is 18.5 Å². The molecule has 9 heteroatoms. The van der Waals surface area contributed by atoms with E-state index in [0.29, 0.717) is 34.6 Å². The maximum atomic E-state index is 15.0. The van der Waals surface area contributed by atoms with Crippen molar-refractivity contribution in [3.63, 3.8) is 0 Å². The summed E-state index contributed by atoms with van der Waals surface area (Å²) in [5, 5.41) is 13.2. The van der Waals surface area contributed by atoms with Gasteiger partial charge in [-0.05, 0) is 17.7 Å². The second-order valence-electron chi connectivity index (χ2n) is 8.76. The lowest BCUT2D eigenvalue weighted by Gasteiger charge is -2.17. The van der Waals surface area contributed by atoms with E-state index < -0.39 is 11.9 Å². The molecule has 6 rings (SSSR count). The Morgan fingerprint density at radius 2 is 1.88 bits per heavy atom. The number of anilines is 1. The maximum Gasteiger partial charge on any atom is 0.258 e. The topological polar surface area (TPSA) is 101 Å². The van der Waals surface area contributed by atoms with E-state index in [1.807, 2.05) is 12.1 Å². The summed E-state index contributed by atoms with van der Waals surface area (Å²) in [4.78, 5) is 20.1. The Morgan fingerprint density at radius 3 is 2.71 bits per heavy atom. The molecule has 3 N–H and O–H groups in total. The van der Waals surface area contributed by atoms with Crippen molar-refractivity contribution in [1.29, 1.82) is 0 Å². The zero-order valence-electron chi connectivity index (χ0n) is 18.4. The number of aromatic amines is 1. The molecule has 174 valence electrons. The third-order valence-corrected chi connectivity index (χ3v) is 6.52. The Hall–Kier alpha value is -3.53. The van der Waals surface area contributed by atoms with Crippen LogP contribution in [0, 0.1) is 5.82 Å². The highest BCUT2D eigenvalue weighted by atomic mass is 19.1. The van der Waals surface area contributed by atoms with E-state index in [1.54, 1.807) is 43.6 Å². The van der Waals surface area contributed by atoms with Gasteiger partial charge in [-0.1, -0.05) is 24.3 Å². The standard InChI is InChI=1S/C25H23FN4O4/c1-30-8-2-3-15(25(30)32)13-4-6-14(7-5-13)22-16(26)9-17-18(29-22)10-21(27-17)28-19-11-33-24-20(31)12-34-23(19)24/h2-10,19-20,23-24,27-28,31H,11-12H2,1H3/t19?,20?,23-,24-/m1/s1. The number of rotatable bonds is 4. The van der Waals surface area contributed by atoms with Crippen LogP contribution in [0.4, 0.5) is 10.2 Å². The second kappa shape index (κ2) is 8.05. The highest BCUT2D eigenvalue weighted by molar-refractivity contribution is 5.83. The molecule has 0 saturated carbocycles.